The third-order valence-corrected chi connectivity index (χ3v) is 4.08. The van der Waals surface area contributed by atoms with Crippen molar-refractivity contribution in [3.8, 4) is 0 Å². The fraction of sp³-hybridized carbons (Fsp3) is 1.00. The van der Waals surface area contributed by atoms with Gasteiger partial charge < -0.3 is 5.32 Å². The Balaban J connectivity index is 4.06. The molecule has 0 aromatic heterocycles. The molecule has 1 unspecified atom stereocenters. The van der Waals surface area contributed by atoms with Crippen molar-refractivity contribution in [2.45, 2.75) is 47.1 Å². The van der Waals surface area contributed by atoms with E-state index in [1.54, 1.807) is 0 Å². The van der Waals surface area contributed by atoms with Gasteiger partial charge in [0.1, 0.15) is 0 Å². The molecule has 16 heavy (non-hydrogen) atoms. The third kappa shape index (κ3) is 7.19. The van der Waals surface area contributed by atoms with Crippen molar-refractivity contribution < 1.29 is 8.42 Å². The van der Waals surface area contributed by atoms with Crippen LogP contribution in [0.15, 0.2) is 0 Å². The van der Waals surface area contributed by atoms with Gasteiger partial charge >= 0.3 is 0 Å². The van der Waals surface area contributed by atoms with E-state index >= 15 is 0 Å². The van der Waals surface area contributed by atoms with E-state index in [1.807, 2.05) is 27.7 Å². The number of rotatable bonds is 7. The first kappa shape index (κ1) is 15.9. The summed E-state index contributed by atoms with van der Waals surface area (Å²) >= 11 is 0. The van der Waals surface area contributed by atoms with Crippen LogP contribution in [0.4, 0.5) is 0 Å². The minimum absolute atomic E-state index is 0.0517. The zero-order valence-corrected chi connectivity index (χ0v) is 11.9. The summed E-state index contributed by atoms with van der Waals surface area (Å²) in [4.78, 5) is 0. The van der Waals surface area contributed by atoms with Gasteiger partial charge in [0.05, 0.1) is 5.75 Å². The van der Waals surface area contributed by atoms with Gasteiger partial charge in [-0.25, -0.2) is 13.1 Å². The molecule has 0 radical (unpaired) electrons. The lowest BCUT2D eigenvalue weighted by Crippen LogP contribution is -2.43. The lowest BCUT2D eigenvalue weighted by molar-refractivity contribution is 0.317. The van der Waals surface area contributed by atoms with E-state index in [1.165, 1.54) is 0 Å². The summed E-state index contributed by atoms with van der Waals surface area (Å²) in [5.41, 5.74) is -0.0517. The molecular weight excluding hydrogens is 224 g/mol. The zero-order chi connectivity index (χ0) is 12.8. The third-order valence-electron chi connectivity index (χ3n) is 2.63. The number of hydrogen-bond donors (Lipinski definition) is 2. The summed E-state index contributed by atoms with van der Waals surface area (Å²) in [5, 5.41) is 3.08. The smallest absolute Gasteiger partial charge is 0.213 e. The van der Waals surface area contributed by atoms with Gasteiger partial charge in [-0.15, -0.1) is 0 Å². The first-order valence-electron chi connectivity index (χ1n) is 5.90. The Kier molecular flexibility index (Phi) is 6.51. The minimum atomic E-state index is -3.16. The average molecular weight is 250 g/mol. The topological polar surface area (TPSA) is 58.2 Å². The molecular formula is C11H26N2O2S. The van der Waals surface area contributed by atoms with Gasteiger partial charge in [-0.05, 0) is 25.3 Å². The fourth-order valence-electron chi connectivity index (χ4n) is 1.01. The van der Waals surface area contributed by atoms with Crippen LogP contribution in [0.5, 0.6) is 0 Å². The molecule has 0 aromatic rings. The lowest BCUT2D eigenvalue weighted by Gasteiger charge is -2.27. The molecule has 1 atom stereocenters. The van der Waals surface area contributed by atoms with Crippen LogP contribution in [0.1, 0.15) is 41.0 Å². The SMILES string of the molecule is CCCNCCS(=O)(=O)NC(C)C(C)(C)C. The van der Waals surface area contributed by atoms with Gasteiger partial charge in [-0.3, -0.25) is 0 Å². The van der Waals surface area contributed by atoms with E-state index in [0.717, 1.165) is 13.0 Å². The Hall–Kier alpha value is -0.130. The molecule has 0 aliphatic rings. The number of sulfonamides is 1. The Morgan fingerprint density at radius 3 is 2.19 bits per heavy atom. The standard InChI is InChI=1S/C11H26N2O2S/c1-6-7-12-8-9-16(14,15)13-10(2)11(3,4)5/h10,12-13H,6-9H2,1-5H3. The van der Waals surface area contributed by atoms with Crippen molar-refractivity contribution in [1.29, 1.82) is 0 Å². The van der Waals surface area contributed by atoms with E-state index in [0.29, 0.717) is 6.54 Å². The molecule has 0 fully saturated rings. The van der Waals surface area contributed by atoms with Crippen molar-refractivity contribution in [2.24, 2.45) is 5.41 Å². The largest absolute Gasteiger partial charge is 0.316 e. The summed E-state index contributed by atoms with van der Waals surface area (Å²) in [6.07, 6.45) is 1.02. The number of nitrogens with one attached hydrogen (secondary N) is 2. The predicted molar refractivity (Wildman–Crippen MR) is 69.0 cm³/mol. The molecule has 0 saturated heterocycles. The normalized spacial score (nSPS) is 15.1. The fourth-order valence-corrected chi connectivity index (χ4v) is 2.44. The van der Waals surface area contributed by atoms with Crippen LogP contribution in [0, 0.1) is 5.41 Å². The van der Waals surface area contributed by atoms with Crippen LogP contribution in [-0.4, -0.2) is 33.3 Å². The van der Waals surface area contributed by atoms with Crippen molar-refractivity contribution >= 4 is 10.0 Å². The maximum absolute atomic E-state index is 11.7. The predicted octanol–water partition coefficient (Wildman–Crippen LogP) is 1.34. The van der Waals surface area contributed by atoms with Gasteiger partial charge in [0, 0.05) is 12.6 Å². The van der Waals surface area contributed by atoms with Crippen molar-refractivity contribution in [3.63, 3.8) is 0 Å². The maximum atomic E-state index is 11.7. The minimum Gasteiger partial charge on any atom is -0.316 e. The van der Waals surface area contributed by atoms with Gasteiger partial charge in [0.15, 0.2) is 0 Å². The van der Waals surface area contributed by atoms with Crippen LogP contribution in [0.2, 0.25) is 0 Å². The average Bonchev–Trinajstić information content (AvgIpc) is 2.10. The van der Waals surface area contributed by atoms with E-state index in [9.17, 15) is 8.42 Å². The first-order chi connectivity index (χ1) is 7.19. The first-order valence-corrected chi connectivity index (χ1v) is 7.55. The molecule has 0 spiro atoms. The summed E-state index contributed by atoms with van der Waals surface area (Å²) < 4.78 is 26.1. The van der Waals surface area contributed by atoms with Crippen LogP contribution >= 0.6 is 0 Å². The highest BCUT2D eigenvalue weighted by atomic mass is 32.2. The summed E-state index contributed by atoms with van der Waals surface area (Å²) in [5.74, 6) is 0.146. The van der Waals surface area contributed by atoms with Crippen molar-refractivity contribution in [3.05, 3.63) is 0 Å². The van der Waals surface area contributed by atoms with Crippen molar-refractivity contribution in [2.75, 3.05) is 18.8 Å². The van der Waals surface area contributed by atoms with Crippen molar-refractivity contribution in [1.82, 2.24) is 10.0 Å². The molecule has 0 aliphatic carbocycles. The molecule has 0 aliphatic heterocycles. The second kappa shape index (κ2) is 6.57. The molecule has 98 valence electrons. The summed E-state index contributed by atoms with van der Waals surface area (Å²) in [6.45, 7) is 11.4. The molecule has 5 heteroatoms. The number of hydrogen-bond acceptors (Lipinski definition) is 3. The highest BCUT2D eigenvalue weighted by molar-refractivity contribution is 7.89. The van der Waals surface area contributed by atoms with E-state index < -0.39 is 10.0 Å². The molecule has 0 aromatic carbocycles. The monoisotopic (exact) mass is 250 g/mol. The molecule has 0 heterocycles. The van der Waals surface area contributed by atoms with Gasteiger partial charge in [0.25, 0.3) is 0 Å². The quantitative estimate of drug-likeness (QED) is 0.670. The Morgan fingerprint density at radius 1 is 1.19 bits per heavy atom. The second-order valence-corrected chi connectivity index (χ2v) is 7.15. The zero-order valence-electron chi connectivity index (χ0n) is 11.1. The molecule has 0 bridgehead atoms. The molecule has 4 nitrogen and oxygen atoms in total. The van der Waals surface area contributed by atoms with Gasteiger partial charge in [-0.2, -0.15) is 0 Å². The Morgan fingerprint density at radius 2 is 1.75 bits per heavy atom. The maximum Gasteiger partial charge on any atom is 0.213 e. The van der Waals surface area contributed by atoms with Crippen LogP contribution in [0.25, 0.3) is 0 Å². The molecule has 2 N–H and O–H groups in total. The van der Waals surface area contributed by atoms with E-state index in [-0.39, 0.29) is 17.2 Å². The van der Waals surface area contributed by atoms with Crippen LogP contribution in [-0.2, 0) is 10.0 Å². The van der Waals surface area contributed by atoms with E-state index in [2.05, 4.69) is 17.0 Å². The molecule has 0 saturated carbocycles. The summed E-state index contributed by atoms with van der Waals surface area (Å²) in [6, 6.07) is -0.0522. The van der Waals surface area contributed by atoms with Crippen LogP contribution in [0.3, 0.4) is 0 Å². The van der Waals surface area contributed by atoms with Crippen LogP contribution < -0.4 is 10.0 Å². The van der Waals surface area contributed by atoms with Gasteiger partial charge in [-0.1, -0.05) is 27.7 Å². The lowest BCUT2D eigenvalue weighted by atomic mass is 9.89. The van der Waals surface area contributed by atoms with E-state index in [4.69, 9.17) is 0 Å². The second-order valence-electron chi connectivity index (χ2n) is 5.27. The summed E-state index contributed by atoms with van der Waals surface area (Å²) in [7, 11) is -3.16. The highest BCUT2D eigenvalue weighted by Gasteiger charge is 2.24. The highest BCUT2D eigenvalue weighted by Crippen LogP contribution is 2.19. The van der Waals surface area contributed by atoms with Gasteiger partial charge in [0.2, 0.25) is 10.0 Å². The molecule has 0 amide bonds. The molecule has 0 rings (SSSR count). The Bertz CT molecular complexity index is 281. The Labute approximate surface area is 100 Å².